The molecule has 0 radical (unpaired) electrons. The molecule has 0 aliphatic rings. The van der Waals surface area contributed by atoms with Gasteiger partial charge < -0.3 is 30.6 Å². The molecule has 0 saturated carbocycles. The van der Waals surface area contributed by atoms with Gasteiger partial charge in [0.25, 0.3) is 0 Å². The van der Waals surface area contributed by atoms with Crippen molar-refractivity contribution in [2.45, 2.75) is 293 Å². The molecule has 7 rings (SSSR count). The van der Waals surface area contributed by atoms with E-state index in [0.717, 1.165) is 50.1 Å². The van der Waals surface area contributed by atoms with Crippen molar-refractivity contribution in [3.63, 3.8) is 0 Å². The van der Waals surface area contributed by atoms with E-state index in [-0.39, 0.29) is 143 Å². The van der Waals surface area contributed by atoms with Crippen LogP contribution in [0.1, 0.15) is 306 Å². The molecule has 0 aliphatic heterocycles. The van der Waals surface area contributed by atoms with Crippen LogP contribution in [0.5, 0.6) is 34.5 Å². The lowest BCUT2D eigenvalue weighted by Crippen LogP contribution is -2.21. The number of hydrogen-bond acceptors (Lipinski definition) is 12. The Labute approximate surface area is 609 Å². The molecule has 0 spiro atoms. The van der Waals surface area contributed by atoms with Gasteiger partial charge >= 0.3 is 0 Å². The maximum Gasteiger partial charge on any atom is 0.236 e. The Morgan fingerprint density at radius 1 is 0.265 bits per heavy atom. The average molecular weight is 1390 g/mol. The quantitative estimate of drug-likeness (QED) is 0.0389. The lowest BCUT2D eigenvalue weighted by molar-refractivity contribution is -0.117. The Balaban J connectivity index is 1.21. The summed E-state index contributed by atoms with van der Waals surface area (Å²) in [6.07, 6.45) is 1.23. The maximum absolute atomic E-state index is 14.3. The topological polar surface area (TPSA) is 247 Å². The van der Waals surface area contributed by atoms with E-state index in [2.05, 4.69) is 174 Å². The third-order valence-corrected chi connectivity index (χ3v) is 19.2. The fourth-order valence-corrected chi connectivity index (χ4v) is 12.8. The highest BCUT2D eigenvalue weighted by molar-refractivity contribution is 5.93. The van der Waals surface area contributed by atoms with Gasteiger partial charge in [-0.05, 0) is 168 Å². The molecule has 0 fully saturated rings. The molecular formula is C87H120N6O9. The number of rotatable bonds is 18. The lowest BCUT2D eigenvalue weighted by atomic mass is 9.77. The van der Waals surface area contributed by atoms with E-state index in [4.69, 9.17) is 0 Å². The minimum Gasteiger partial charge on any atom is -0.507 e. The maximum atomic E-state index is 14.3. The minimum absolute atomic E-state index is 0.0586. The number of phenolic OH excluding ortho intramolecular Hbond substituents is 6. The molecule has 15 heteroatoms. The second-order valence-electron chi connectivity index (χ2n) is 37.8. The van der Waals surface area contributed by atoms with Crippen molar-refractivity contribution >= 4 is 35.6 Å². The first-order valence-electron chi connectivity index (χ1n) is 36.2. The Hall–Kier alpha value is -8.46. The summed E-state index contributed by atoms with van der Waals surface area (Å²) in [5, 5.41) is 79.8. The molecule has 9 N–H and O–H groups in total. The van der Waals surface area contributed by atoms with E-state index in [1.165, 1.54) is 0 Å². The Kier molecular flexibility index (Phi) is 23.3. The highest BCUT2D eigenvalue weighted by Gasteiger charge is 2.32. The molecule has 7 aromatic rings. The van der Waals surface area contributed by atoms with Crippen molar-refractivity contribution in [1.29, 1.82) is 0 Å². The number of hydrogen-bond donors (Lipinski definition) is 9. The van der Waals surface area contributed by atoms with Crippen molar-refractivity contribution in [1.82, 2.24) is 15.0 Å². The van der Waals surface area contributed by atoms with Crippen LogP contribution in [0, 0.1) is 0 Å². The van der Waals surface area contributed by atoms with Gasteiger partial charge in [-0.3, -0.25) is 30.3 Å². The van der Waals surface area contributed by atoms with Gasteiger partial charge in [0.2, 0.25) is 35.6 Å². The van der Waals surface area contributed by atoms with Crippen LogP contribution < -0.4 is 16.0 Å². The van der Waals surface area contributed by atoms with E-state index in [1.54, 1.807) is 0 Å². The first-order chi connectivity index (χ1) is 46.4. The summed E-state index contributed by atoms with van der Waals surface area (Å²) in [4.78, 5) is 56.4. The average Bonchev–Trinajstić information content (AvgIpc) is 0.782. The van der Waals surface area contributed by atoms with Crippen molar-refractivity contribution in [3.05, 3.63) is 173 Å². The van der Waals surface area contributed by atoms with Crippen LogP contribution in [0.2, 0.25) is 0 Å². The number of anilines is 3. The summed E-state index contributed by atoms with van der Waals surface area (Å²) in [7, 11) is 0. The highest BCUT2D eigenvalue weighted by atomic mass is 16.3. The third-order valence-electron chi connectivity index (χ3n) is 19.2. The normalized spacial score (nSPS) is 13.0. The Morgan fingerprint density at radius 2 is 0.441 bits per heavy atom. The summed E-state index contributed by atoms with van der Waals surface area (Å²) in [6, 6.07) is 23.6. The SMILES string of the molecule is CC(C)(C)c1cc(Cc2cc(CCC(=O)Nc3nc(NC(=O)CCc4cc(Cc5cc(C(C)(C)C)cc(C(C)(C)C)c5O)c(O)c(C(C)(C)C)c4)nc(NC(=O)CCc4cc(Cc5cc(C(C)(C)C)cc(C(C)(C)C)c5O)c(O)c(C(C)(C)C)c4)n3)cc(C(C)(C)C)c2O)c(O)c(C(C)(C)C)c1. The van der Waals surface area contributed by atoms with Gasteiger partial charge in [-0.1, -0.05) is 260 Å². The number of carbonyl (C=O) groups excluding carboxylic acids is 3. The van der Waals surface area contributed by atoms with Crippen LogP contribution in [-0.4, -0.2) is 63.3 Å². The van der Waals surface area contributed by atoms with Crippen LogP contribution in [0.3, 0.4) is 0 Å². The summed E-state index contributed by atoms with van der Waals surface area (Å²) in [5.74, 6) is -1.24. The second-order valence-corrected chi connectivity index (χ2v) is 37.8. The Bertz CT molecular complexity index is 3860. The number of carbonyl (C=O) groups is 3. The van der Waals surface area contributed by atoms with E-state index in [0.29, 0.717) is 50.1 Å². The van der Waals surface area contributed by atoms with Gasteiger partial charge in [0.05, 0.1) is 0 Å². The van der Waals surface area contributed by atoms with Gasteiger partial charge in [-0.2, -0.15) is 15.0 Å². The molecular weight excluding hydrogens is 1270 g/mol. The van der Waals surface area contributed by atoms with Crippen molar-refractivity contribution in [3.8, 4) is 34.5 Å². The van der Waals surface area contributed by atoms with Crippen LogP contribution in [0.15, 0.2) is 72.8 Å². The molecule has 0 atom stereocenters. The fraction of sp³-hybridized carbons (Fsp3) is 0.517. The summed E-state index contributed by atoms with van der Waals surface area (Å²) in [5.41, 5.74) is 10.6. The largest absolute Gasteiger partial charge is 0.507 e. The second kappa shape index (κ2) is 29.4. The van der Waals surface area contributed by atoms with Crippen LogP contribution in [0.4, 0.5) is 17.8 Å². The van der Waals surface area contributed by atoms with Crippen LogP contribution >= 0.6 is 0 Å². The van der Waals surface area contributed by atoms with E-state index in [1.807, 2.05) is 117 Å². The number of benzene rings is 6. The van der Waals surface area contributed by atoms with Gasteiger partial charge in [0.15, 0.2) is 0 Å². The van der Waals surface area contributed by atoms with Crippen LogP contribution in [-0.2, 0) is 102 Å². The molecule has 0 bridgehead atoms. The number of aromatic hydroxyl groups is 6. The molecule has 0 aliphatic carbocycles. The molecule has 6 aromatic carbocycles. The monoisotopic (exact) mass is 1390 g/mol. The van der Waals surface area contributed by atoms with E-state index >= 15 is 0 Å². The summed E-state index contributed by atoms with van der Waals surface area (Å²) >= 11 is 0. The predicted octanol–water partition coefficient (Wildman–Crippen LogP) is 19.3. The Morgan fingerprint density at radius 3 is 0.618 bits per heavy atom. The van der Waals surface area contributed by atoms with Crippen LogP contribution in [0.25, 0.3) is 0 Å². The number of aromatic nitrogens is 3. The van der Waals surface area contributed by atoms with Crippen molar-refractivity contribution in [2.75, 3.05) is 16.0 Å². The van der Waals surface area contributed by atoms with E-state index < -0.39 is 34.0 Å². The number of aryl methyl sites for hydroxylation is 3. The van der Waals surface area contributed by atoms with Gasteiger partial charge in [-0.25, -0.2) is 0 Å². The molecule has 1 aromatic heterocycles. The first kappa shape index (κ1) is 80.8. The first-order valence-corrected chi connectivity index (χ1v) is 36.2. The molecule has 3 amide bonds. The molecule has 102 heavy (non-hydrogen) atoms. The lowest BCUT2D eigenvalue weighted by Gasteiger charge is -2.28. The van der Waals surface area contributed by atoms with Crippen molar-refractivity contribution < 1.29 is 45.0 Å². The summed E-state index contributed by atoms with van der Waals surface area (Å²) in [6.45, 7) is 55.9. The third kappa shape index (κ3) is 20.2. The van der Waals surface area contributed by atoms with Gasteiger partial charge in [-0.15, -0.1) is 0 Å². The zero-order valence-electron chi connectivity index (χ0n) is 66.5. The number of amides is 3. The van der Waals surface area contributed by atoms with Gasteiger partial charge in [0, 0.05) is 38.5 Å². The number of nitrogens with one attached hydrogen (secondary N) is 3. The zero-order chi connectivity index (χ0) is 76.9. The standard InChI is InChI=1S/C87H120N6O9/c1-79(2,3)58-43-55(73(100)64(46-58)85(19,20)21)40-52-34-49(37-61(70(52)97)82(10,11)12)28-31-67(94)88-76-91-77(89-68(95)32-29-50-35-53(71(98)62(38-50)83(13,14)15)41-56-44-59(80(4,5)6)47-65(74(56)101)86(22,23)24)93-78(92-76)90-69(96)33-30-51-36-54(72(99)63(39-51)84(16,17)18)42-57-45-60(81(7,8)9)48-66(75(57)102)87(25,26)27/h34-39,43-48,97-102H,28-33,40-42H2,1-27H3,(H3,88,89,90,91,92,93,94,95,96). The molecule has 552 valence electrons. The molecule has 0 saturated heterocycles. The number of nitrogens with zero attached hydrogens (tertiary/aromatic N) is 3. The molecule has 15 nitrogen and oxygen atoms in total. The number of phenols is 6. The predicted molar refractivity (Wildman–Crippen MR) is 416 cm³/mol. The minimum atomic E-state index is -0.498. The smallest absolute Gasteiger partial charge is 0.236 e. The molecule has 0 unspecified atom stereocenters. The fourth-order valence-electron chi connectivity index (χ4n) is 12.8. The molecule has 1 heterocycles. The highest BCUT2D eigenvalue weighted by Crippen LogP contribution is 2.46. The summed E-state index contributed by atoms with van der Waals surface area (Å²) < 4.78 is 0. The van der Waals surface area contributed by atoms with Crippen molar-refractivity contribution in [2.24, 2.45) is 0 Å². The van der Waals surface area contributed by atoms with E-state index in [9.17, 15) is 45.0 Å². The zero-order valence-corrected chi connectivity index (χ0v) is 66.5. The van der Waals surface area contributed by atoms with Gasteiger partial charge in [0.1, 0.15) is 34.5 Å².